The molecule has 0 aromatic heterocycles. The van der Waals surface area contributed by atoms with Crippen molar-refractivity contribution in [2.45, 2.75) is 20.0 Å². The van der Waals surface area contributed by atoms with E-state index in [1.165, 1.54) is 5.56 Å². The van der Waals surface area contributed by atoms with E-state index in [0.29, 0.717) is 5.56 Å². The fraction of sp³-hybridized carbons (Fsp3) is 0.235. The van der Waals surface area contributed by atoms with Crippen LogP contribution in [0.5, 0.6) is 0 Å². The highest BCUT2D eigenvalue weighted by atomic mass is 16.3. The summed E-state index contributed by atoms with van der Waals surface area (Å²) in [6.45, 7) is 3.77. The van der Waals surface area contributed by atoms with Gasteiger partial charge in [0.2, 0.25) is 0 Å². The van der Waals surface area contributed by atoms with Gasteiger partial charge in [0.05, 0.1) is 17.7 Å². The third-order valence-electron chi connectivity index (χ3n) is 3.39. The van der Waals surface area contributed by atoms with Crippen LogP contribution in [0.1, 0.15) is 29.7 Å². The minimum atomic E-state index is -0.578. The fourth-order valence-corrected chi connectivity index (χ4v) is 2.16. The zero-order chi connectivity index (χ0) is 14.7. The summed E-state index contributed by atoms with van der Waals surface area (Å²) in [4.78, 5) is 1.99. The van der Waals surface area contributed by atoms with Crippen LogP contribution in [0, 0.1) is 18.3 Å². The highest BCUT2D eigenvalue weighted by Gasteiger charge is 2.13. The smallest absolute Gasteiger partial charge is 0.0992 e. The standard InChI is InChI=1S/C17H18N2O/c1-12-4-7-15(8-5-12)19(3)17-10-14(11-18)6-9-16(17)13(2)20/h4-10,13,20H,1-3H3/t13-/m0/s1. The zero-order valence-corrected chi connectivity index (χ0v) is 12.0. The van der Waals surface area contributed by atoms with Gasteiger partial charge in [-0.25, -0.2) is 0 Å². The molecule has 3 heteroatoms. The van der Waals surface area contributed by atoms with Crippen LogP contribution in [-0.4, -0.2) is 12.2 Å². The van der Waals surface area contributed by atoms with Crippen LogP contribution >= 0.6 is 0 Å². The van der Waals surface area contributed by atoms with Crippen LogP contribution < -0.4 is 4.90 Å². The van der Waals surface area contributed by atoms with E-state index in [4.69, 9.17) is 5.26 Å². The van der Waals surface area contributed by atoms with Crippen molar-refractivity contribution in [3.63, 3.8) is 0 Å². The van der Waals surface area contributed by atoms with Crippen molar-refractivity contribution in [1.82, 2.24) is 0 Å². The van der Waals surface area contributed by atoms with Crippen molar-refractivity contribution < 1.29 is 5.11 Å². The van der Waals surface area contributed by atoms with Gasteiger partial charge in [-0.3, -0.25) is 0 Å². The average Bonchev–Trinajstić information content (AvgIpc) is 2.46. The number of rotatable bonds is 3. The van der Waals surface area contributed by atoms with E-state index < -0.39 is 6.10 Å². The van der Waals surface area contributed by atoms with Crippen molar-refractivity contribution in [2.24, 2.45) is 0 Å². The van der Waals surface area contributed by atoms with E-state index in [0.717, 1.165) is 16.9 Å². The molecule has 0 amide bonds. The van der Waals surface area contributed by atoms with Gasteiger partial charge in [-0.2, -0.15) is 5.26 Å². The maximum absolute atomic E-state index is 9.90. The molecular weight excluding hydrogens is 248 g/mol. The van der Waals surface area contributed by atoms with Gasteiger partial charge in [0, 0.05) is 24.0 Å². The molecule has 0 spiro atoms. The third-order valence-corrected chi connectivity index (χ3v) is 3.39. The molecule has 102 valence electrons. The molecule has 0 unspecified atom stereocenters. The largest absolute Gasteiger partial charge is 0.389 e. The molecule has 1 N–H and O–H groups in total. The minimum Gasteiger partial charge on any atom is -0.389 e. The van der Waals surface area contributed by atoms with Crippen molar-refractivity contribution in [3.8, 4) is 6.07 Å². The first-order chi connectivity index (χ1) is 9.52. The van der Waals surface area contributed by atoms with E-state index in [9.17, 15) is 5.11 Å². The summed E-state index contributed by atoms with van der Waals surface area (Å²) in [7, 11) is 1.94. The summed E-state index contributed by atoms with van der Waals surface area (Å²) >= 11 is 0. The molecule has 0 saturated heterocycles. The molecule has 0 bridgehead atoms. The summed E-state index contributed by atoms with van der Waals surface area (Å²) in [6.07, 6.45) is -0.578. The molecule has 0 aliphatic rings. The van der Waals surface area contributed by atoms with E-state index in [1.54, 1.807) is 13.0 Å². The van der Waals surface area contributed by atoms with E-state index in [-0.39, 0.29) is 0 Å². The Hall–Kier alpha value is -2.31. The van der Waals surface area contributed by atoms with Crippen LogP contribution in [-0.2, 0) is 0 Å². The Balaban J connectivity index is 2.49. The molecule has 0 aliphatic heterocycles. The first-order valence-corrected chi connectivity index (χ1v) is 6.55. The number of aryl methyl sites for hydroxylation is 1. The van der Waals surface area contributed by atoms with E-state index >= 15 is 0 Å². The van der Waals surface area contributed by atoms with E-state index in [1.807, 2.05) is 55.3 Å². The molecule has 20 heavy (non-hydrogen) atoms. The molecule has 0 aliphatic carbocycles. The van der Waals surface area contributed by atoms with Crippen molar-refractivity contribution in [1.29, 1.82) is 5.26 Å². The molecule has 1 atom stereocenters. The average molecular weight is 266 g/mol. The van der Waals surface area contributed by atoms with Gasteiger partial charge in [-0.15, -0.1) is 0 Å². The Morgan fingerprint density at radius 1 is 1.15 bits per heavy atom. The zero-order valence-electron chi connectivity index (χ0n) is 12.0. The van der Waals surface area contributed by atoms with Crippen LogP contribution in [0.3, 0.4) is 0 Å². The summed E-state index contributed by atoms with van der Waals surface area (Å²) in [5.74, 6) is 0. The predicted octanol–water partition coefficient (Wildman–Crippen LogP) is 3.69. The second-order valence-corrected chi connectivity index (χ2v) is 4.96. The number of hydrogen-bond acceptors (Lipinski definition) is 3. The topological polar surface area (TPSA) is 47.3 Å². The van der Waals surface area contributed by atoms with Gasteiger partial charge in [-0.05, 0) is 38.1 Å². The number of nitriles is 1. The number of aliphatic hydroxyl groups excluding tert-OH is 1. The number of nitrogens with zero attached hydrogens (tertiary/aromatic N) is 2. The summed E-state index contributed by atoms with van der Waals surface area (Å²) in [5, 5.41) is 18.9. The van der Waals surface area contributed by atoms with Gasteiger partial charge >= 0.3 is 0 Å². The lowest BCUT2D eigenvalue weighted by molar-refractivity contribution is 0.200. The quantitative estimate of drug-likeness (QED) is 0.921. The van der Waals surface area contributed by atoms with Crippen molar-refractivity contribution in [2.75, 3.05) is 11.9 Å². The molecule has 3 nitrogen and oxygen atoms in total. The normalized spacial score (nSPS) is 11.8. The van der Waals surface area contributed by atoms with Gasteiger partial charge in [-0.1, -0.05) is 23.8 Å². The Labute approximate surface area is 119 Å². The molecule has 0 saturated carbocycles. The number of anilines is 2. The van der Waals surface area contributed by atoms with Gasteiger partial charge in [0.1, 0.15) is 0 Å². The van der Waals surface area contributed by atoms with Crippen molar-refractivity contribution >= 4 is 11.4 Å². The van der Waals surface area contributed by atoms with Crippen LogP contribution in [0.2, 0.25) is 0 Å². The molecule has 2 rings (SSSR count). The van der Waals surface area contributed by atoms with Crippen molar-refractivity contribution in [3.05, 3.63) is 59.2 Å². The van der Waals surface area contributed by atoms with Gasteiger partial charge in [0.25, 0.3) is 0 Å². The molecular formula is C17H18N2O. The lowest BCUT2D eigenvalue weighted by Crippen LogP contribution is -2.13. The summed E-state index contributed by atoms with van der Waals surface area (Å²) in [6, 6.07) is 15.6. The number of aliphatic hydroxyl groups is 1. The van der Waals surface area contributed by atoms with Gasteiger partial charge in [0.15, 0.2) is 0 Å². The lowest BCUT2D eigenvalue weighted by atomic mass is 10.0. The Morgan fingerprint density at radius 3 is 2.35 bits per heavy atom. The Morgan fingerprint density at radius 2 is 1.80 bits per heavy atom. The lowest BCUT2D eigenvalue weighted by Gasteiger charge is -2.24. The minimum absolute atomic E-state index is 0.578. The second kappa shape index (κ2) is 5.77. The first-order valence-electron chi connectivity index (χ1n) is 6.55. The molecule has 0 heterocycles. The maximum Gasteiger partial charge on any atom is 0.0992 e. The molecule has 2 aromatic rings. The summed E-state index contributed by atoms with van der Waals surface area (Å²) in [5.41, 5.74) is 4.47. The number of benzene rings is 2. The fourth-order valence-electron chi connectivity index (χ4n) is 2.16. The first kappa shape index (κ1) is 14.1. The molecule has 0 fully saturated rings. The van der Waals surface area contributed by atoms with Gasteiger partial charge < -0.3 is 10.0 Å². The SMILES string of the molecule is Cc1ccc(N(C)c2cc(C#N)ccc2[C@H](C)O)cc1. The van der Waals surface area contributed by atoms with Crippen LogP contribution in [0.4, 0.5) is 11.4 Å². The Kier molecular flexibility index (Phi) is 4.07. The highest BCUT2D eigenvalue weighted by molar-refractivity contribution is 5.68. The highest BCUT2D eigenvalue weighted by Crippen LogP contribution is 2.31. The second-order valence-electron chi connectivity index (χ2n) is 4.96. The number of hydrogen-bond donors (Lipinski definition) is 1. The van der Waals surface area contributed by atoms with Crippen LogP contribution in [0.15, 0.2) is 42.5 Å². The maximum atomic E-state index is 9.90. The summed E-state index contributed by atoms with van der Waals surface area (Å²) < 4.78 is 0. The van der Waals surface area contributed by atoms with E-state index in [2.05, 4.69) is 6.07 Å². The third kappa shape index (κ3) is 2.81. The Bertz CT molecular complexity index is 639. The van der Waals surface area contributed by atoms with Crippen LogP contribution in [0.25, 0.3) is 0 Å². The monoisotopic (exact) mass is 266 g/mol. The molecule has 0 radical (unpaired) electrons. The predicted molar refractivity (Wildman–Crippen MR) is 81.0 cm³/mol. The molecule has 2 aromatic carbocycles.